The Morgan fingerprint density at radius 2 is 2.04 bits per heavy atom. The Hall–Kier alpha value is -2.24. The average molecular weight is 400 g/mol. The van der Waals surface area contributed by atoms with E-state index >= 15 is 0 Å². The van der Waals surface area contributed by atoms with Crippen molar-refractivity contribution in [2.24, 2.45) is 0 Å². The molecule has 0 fully saturated rings. The molecule has 1 atom stereocenters. The highest BCUT2D eigenvalue weighted by Crippen LogP contribution is 2.28. The van der Waals surface area contributed by atoms with Crippen LogP contribution in [0.15, 0.2) is 66.3 Å². The minimum Gasteiger partial charge on any atom is -0.483 e. The number of rotatable bonds is 8. The van der Waals surface area contributed by atoms with Crippen LogP contribution in [0.4, 0.5) is 0 Å². The number of hydrogen-bond acceptors (Lipinski definition) is 4. The maximum atomic E-state index is 6.04. The van der Waals surface area contributed by atoms with Crippen LogP contribution >= 0.6 is 23.4 Å². The number of aryl methyl sites for hydroxylation is 1. The smallest absolute Gasteiger partial charge is 0.191 e. The van der Waals surface area contributed by atoms with Crippen molar-refractivity contribution >= 4 is 23.4 Å². The molecule has 0 saturated heterocycles. The molecule has 4 nitrogen and oxygen atoms in total. The maximum Gasteiger partial charge on any atom is 0.191 e. The molecule has 0 radical (unpaired) electrons. The molecule has 140 valence electrons. The molecule has 1 heterocycles. The second kappa shape index (κ2) is 9.11. The van der Waals surface area contributed by atoms with E-state index in [1.54, 1.807) is 17.8 Å². The number of ether oxygens (including phenoxy) is 1. The zero-order valence-electron chi connectivity index (χ0n) is 15.4. The van der Waals surface area contributed by atoms with Crippen LogP contribution in [0.25, 0.3) is 0 Å². The van der Waals surface area contributed by atoms with Gasteiger partial charge in [-0.05, 0) is 43.2 Å². The third-order valence-electron chi connectivity index (χ3n) is 4.15. The fraction of sp³-hybridized carbons (Fsp3) is 0.238. The zero-order valence-corrected chi connectivity index (χ0v) is 17.0. The molecule has 2 aromatic carbocycles. The highest BCUT2D eigenvalue weighted by Gasteiger charge is 2.19. The third-order valence-corrected chi connectivity index (χ3v) is 5.40. The van der Waals surface area contributed by atoms with Gasteiger partial charge in [0.1, 0.15) is 5.75 Å². The van der Waals surface area contributed by atoms with E-state index in [1.807, 2.05) is 35.8 Å². The maximum absolute atomic E-state index is 6.04. The van der Waals surface area contributed by atoms with Gasteiger partial charge < -0.3 is 4.74 Å². The van der Waals surface area contributed by atoms with Gasteiger partial charge in [-0.3, -0.25) is 4.57 Å². The lowest BCUT2D eigenvalue weighted by Crippen LogP contribution is -2.12. The molecule has 3 aromatic rings. The summed E-state index contributed by atoms with van der Waals surface area (Å²) in [6.45, 7) is 8.57. The van der Waals surface area contributed by atoms with Gasteiger partial charge in [0.25, 0.3) is 0 Å². The van der Waals surface area contributed by atoms with Gasteiger partial charge in [0, 0.05) is 17.3 Å². The predicted octanol–water partition coefficient (Wildman–Crippen LogP) is 5.86. The summed E-state index contributed by atoms with van der Waals surface area (Å²) >= 11 is 7.71. The number of thioether (sulfide) groups is 1. The molecule has 1 aromatic heterocycles. The number of aromatic nitrogens is 3. The molecule has 27 heavy (non-hydrogen) atoms. The van der Waals surface area contributed by atoms with E-state index in [1.165, 1.54) is 11.1 Å². The first-order chi connectivity index (χ1) is 13.1. The molecule has 0 bridgehead atoms. The van der Waals surface area contributed by atoms with E-state index in [-0.39, 0.29) is 6.10 Å². The van der Waals surface area contributed by atoms with Gasteiger partial charge in [-0.25, -0.2) is 0 Å². The Bertz CT molecular complexity index is 925. The topological polar surface area (TPSA) is 39.9 Å². The van der Waals surface area contributed by atoms with Gasteiger partial charge in [0.15, 0.2) is 17.1 Å². The molecule has 0 aliphatic rings. The van der Waals surface area contributed by atoms with Crippen LogP contribution in [0.2, 0.25) is 5.02 Å². The van der Waals surface area contributed by atoms with Gasteiger partial charge in [0.05, 0.1) is 0 Å². The van der Waals surface area contributed by atoms with Crippen molar-refractivity contribution in [1.82, 2.24) is 14.8 Å². The van der Waals surface area contributed by atoms with E-state index in [9.17, 15) is 0 Å². The summed E-state index contributed by atoms with van der Waals surface area (Å²) in [5.74, 6) is 2.31. The van der Waals surface area contributed by atoms with Crippen molar-refractivity contribution < 1.29 is 4.74 Å². The van der Waals surface area contributed by atoms with Crippen LogP contribution in [0, 0.1) is 6.92 Å². The summed E-state index contributed by atoms with van der Waals surface area (Å²) in [6, 6.07) is 15.7. The summed E-state index contributed by atoms with van der Waals surface area (Å²) in [5.41, 5.74) is 2.57. The van der Waals surface area contributed by atoms with Crippen LogP contribution in [-0.4, -0.2) is 14.8 Å². The monoisotopic (exact) mass is 399 g/mol. The quantitative estimate of drug-likeness (QED) is 0.351. The number of nitrogens with zero attached hydrogens (tertiary/aromatic N) is 3. The van der Waals surface area contributed by atoms with Crippen molar-refractivity contribution in [3.8, 4) is 5.75 Å². The number of hydrogen-bond donors (Lipinski definition) is 0. The Balaban J connectivity index is 1.77. The lowest BCUT2D eigenvalue weighted by Gasteiger charge is -2.16. The summed E-state index contributed by atoms with van der Waals surface area (Å²) in [4.78, 5) is 0. The highest BCUT2D eigenvalue weighted by molar-refractivity contribution is 7.98. The molecule has 0 amide bonds. The van der Waals surface area contributed by atoms with Gasteiger partial charge >= 0.3 is 0 Å². The van der Waals surface area contributed by atoms with Gasteiger partial charge in [-0.1, -0.05) is 59.8 Å². The molecular formula is C21H22ClN3OS. The lowest BCUT2D eigenvalue weighted by atomic mass is 10.1. The van der Waals surface area contributed by atoms with Gasteiger partial charge in [-0.15, -0.1) is 16.8 Å². The van der Waals surface area contributed by atoms with Crippen LogP contribution in [-0.2, 0) is 12.3 Å². The average Bonchev–Trinajstić information content (AvgIpc) is 3.04. The summed E-state index contributed by atoms with van der Waals surface area (Å²) in [6.07, 6.45) is 1.58. The summed E-state index contributed by atoms with van der Waals surface area (Å²) in [5, 5.41) is 10.3. The van der Waals surface area contributed by atoms with Gasteiger partial charge in [0.2, 0.25) is 0 Å². The highest BCUT2D eigenvalue weighted by atomic mass is 35.5. The molecule has 0 aliphatic heterocycles. The Morgan fingerprint density at radius 3 is 2.78 bits per heavy atom. The largest absolute Gasteiger partial charge is 0.483 e. The van der Waals surface area contributed by atoms with Crippen molar-refractivity contribution in [3.63, 3.8) is 0 Å². The molecule has 0 saturated carbocycles. The zero-order chi connectivity index (χ0) is 19.2. The van der Waals surface area contributed by atoms with E-state index in [2.05, 4.69) is 48.0 Å². The number of allylic oxidation sites excluding steroid dienone is 1. The second-order valence-electron chi connectivity index (χ2n) is 6.17. The van der Waals surface area contributed by atoms with E-state index in [0.29, 0.717) is 17.3 Å². The van der Waals surface area contributed by atoms with Gasteiger partial charge in [-0.2, -0.15) is 0 Å². The van der Waals surface area contributed by atoms with Crippen LogP contribution < -0.4 is 4.74 Å². The Labute approximate surface area is 169 Å². The molecule has 0 N–H and O–H groups in total. The Kier molecular flexibility index (Phi) is 6.58. The minimum absolute atomic E-state index is 0.260. The van der Waals surface area contributed by atoms with Crippen molar-refractivity contribution in [2.45, 2.75) is 37.4 Å². The first-order valence-corrected chi connectivity index (χ1v) is 10.1. The van der Waals surface area contributed by atoms with E-state index in [0.717, 1.165) is 16.7 Å². The Morgan fingerprint density at radius 1 is 1.22 bits per heavy atom. The molecule has 1 unspecified atom stereocenters. The molecule has 6 heteroatoms. The molecule has 0 aliphatic carbocycles. The third kappa shape index (κ3) is 4.93. The normalized spacial score (nSPS) is 12.0. The van der Waals surface area contributed by atoms with E-state index < -0.39 is 0 Å². The first-order valence-electron chi connectivity index (χ1n) is 8.72. The standard InChI is InChI=1S/C21H22ClN3OS/c1-4-12-25-20(16(3)26-19-11-7-10-18(22)13-19)23-24-21(25)27-14-17-9-6-5-8-15(17)2/h4-11,13,16H,1,12,14H2,2-3H3. The lowest BCUT2D eigenvalue weighted by molar-refractivity contribution is 0.210. The predicted molar refractivity (Wildman–Crippen MR) is 111 cm³/mol. The minimum atomic E-state index is -0.260. The second-order valence-corrected chi connectivity index (χ2v) is 7.55. The summed E-state index contributed by atoms with van der Waals surface area (Å²) < 4.78 is 8.06. The van der Waals surface area contributed by atoms with Crippen LogP contribution in [0.5, 0.6) is 5.75 Å². The van der Waals surface area contributed by atoms with Crippen molar-refractivity contribution in [2.75, 3.05) is 0 Å². The first kappa shape index (κ1) is 19.5. The fourth-order valence-corrected chi connectivity index (χ4v) is 3.93. The number of benzene rings is 2. The summed E-state index contributed by atoms with van der Waals surface area (Å²) in [7, 11) is 0. The SMILES string of the molecule is C=CCn1c(SCc2ccccc2C)nnc1C(C)Oc1cccc(Cl)c1. The fourth-order valence-electron chi connectivity index (χ4n) is 2.72. The molecule has 3 rings (SSSR count). The van der Waals surface area contributed by atoms with Crippen LogP contribution in [0.3, 0.4) is 0 Å². The molecular weight excluding hydrogens is 378 g/mol. The van der Waals surface area contributed by atoms with E-state index in [4.69, 9.17) is 16.3 Å². The number of halogens is 1. The van der Waals surface area contributed by atoms with Crippen molar-refractivity contribution in [3.05, 3.63) is 83.2 Å². The molecule has 0 spiro atoms. The van der Waals surface area contributed by atoms with Crippen molar-refractivity contribution in [1.29, 1.82) is 0 Å². The van der Waals surface area contributed by atoms with Crippen LogP contribution in [0.1, 0.15) is 30.0 Å².